The second-order valence-corrected chi connectivity index (χ2v) is 12.1. The van der Waals surface area contributed by atoms with Gasteiger partial charge in [0.1, 0.15) is 18.6 Å². The van der Waals surface area contributed by atoms with E-state index in [0.29, 0.717) is 17.8 Å². The van der Waals surface area contributed by atoms with Gasteiger partial charge in [-0.05, 0) is 30.3 Å². The van der Waals surface area contributed by atoms with E-state index < -0.39 is 12.3 Å². The summed E-state index contributed by atoms with van der Waals surface area (Å²) in [7, 11) is 0.493. The minimum absolute atomic E-state index is 0.392. The lowest BCUT2D eigenvalue weighted by atomic mass is 10.0. The molecule has 0 radical (unpaired) electrons. The fraction of sp³-hybridized carbons (Fsp3) is 0.280. The third-order valence-electron chi connectivity index (χ3n) is 5.86. The van der Waals surface area contributed by atoms with Crippen LogP contribution in [0, 0.1) is 0 Å². The molecule has 0 aromatic heterocycles. The highest BCUT2D eigenvalue weighted by molar-refractivity contribution is 7.74. The standard InChI is InChI=1S/C25H28NO3P/c1-25(2,3)30(27)17-26(18-11-7-6-8-12-18)20-14-9-13-19(24(20)30)23-21(28-4)15-10-16-22(23)29-5/h6-16H,17H2,1-5H3. The first-order chi connectivity index (χ1) is 14.3. The summed E-state index contributed by atoms with van der Waals surface area (Å²) in [5.41, 5.74) is 3.80. The molecule has 3 aromatic rings. The number of hydrogen-bond acceptors (Lipinski definition) is 4. The first-order valence-electron chi connectivity index (χ1n) is 10.1. The largest absolute Gasteiger partial charge is 0.496 e. The van der Waals surface area contributed by atoms with Gasteiger partial charge >= 0.3 is 0 Å². The molecule has 1 unspecified atom stereocenters. The number of methoxy groups -OCH3 is 2. The minimum Gasteiger partial charge on any atom is -0.496 e. The topological polar surface area (TPSA) is 38.8 Å². The summed E-state index contributed by atoms with van der Waals surface area (Å²) >= 11 is 0. The fourth-order valence-corrected chi connectivity index (χ4v) is 7.26. The summed E-state index contributed by atoms with van der Waals surface area (Å²) in [6, 6.07) is 22.0. The van der Waals surface area contributed by atoms with E-state index in [1.165, 1.54) is 0 Å². The van der Waals surface area contributed by atoms with Crippen molar-refractivity contribution in [3.05, 3.63) is 66.7 Å². The highest BCUT2D eigenvalue weighted by atomic mass is 31.2. The number of fused-ring (bicyclic) bond motifs is 1. The number of ether oxygens (including phenoxy) is 2. The van der Waals surface area contributed by atoms with Gasteiger partial charge in [-0.25, -0.2) is 0 Å². The molecule has 1 aliphatic heterocycles. The summed E-state index contributed by atoms with van der Waals surface area (Å²) in [5.74, 6) is 1.42. The molecule has 4 nitrogen and oxygen atoms in total. The molecule has 0 spiro atoms. The Morgan fingerprint density at radius 3 is 2.00 bits per heavy atom. The first kappa shape index (κ1) is 20.6. The predicted molar refractivity (Wildman–Crippen MR) is 125 cm³/mol. The molecule has 1 atom stereocenters. The highest BCUT2D eigenvalue weighted by Gasteiger charge is 2.48. The molecule has 0 fully saturated rings. The summed E-state index contributed by atoms with van der Waals surface area (Å²) in [6.45, 7) is 6.22. The molecule has 0 N–H and O–H groups in total. The van der Waals surface area contributed by atoms with Crippen molar-refractivity contribution in [1.82, 2.24) is 0 Å². The van der Waals surface area contributed by atoms with Crippen molar-refractivity contribution in [2.45, 2.75) is 25.9 Å². The van der Waals surface area contributed by atoms with E-state index in [9.17, 15) is 4.57 Å². The fourth-order valence-electron chi connectivity index (χ4n) is 4.17. The Bertz CT molecular complexity index is 1100. The monoisotopic (exact) mass is 421 g/mol. The van der Waals surface area contributed by atoms with Crippen LogP contribution >= 0.6 is 7.14 Å². The molecule has 4 rings (SSSR count). The van der Waals surface area contributed by atoms with Gasteiger partial charge in [-0.2, -0.15) is 0 Å². The molecule has 30 heavy (non-hydrogen) atoms. The van der Waals surface area contributed by atoms with Crippen molar-refractivity contribution in [2.75, 3.05) is 25.4 Å². The van der Waals surface area contributed by atoms with Crippen molar-refractivity contribution < 1.29 is 14.0 Å². The number of nitrogens with zero attached hydrogens (tertiary/aromatic N) is 1. The van der Waals surface area contributed by atoms with Gasteiger partial charge in [0.2, 0.25) is 0 Å². The predicted octanol–water partition coefficient (Wildman–Crippen LogP) is 6.27. The Labute approximate surface area is 178 Å². The maximum Gasteiger partial charge on any atom is 0.141 e. The second-order valence-electron chi connectivity index (χ2n) is 8.53. The molecule has 0 saturated carbocycles. The summed E-state index contributed by atoms with van der Waals surface area (Å²) in [5, 5.41) is 0.514. The smallest absolute Gasteiger partial charge is 0.141 e. The summed E-state index contributed by atoms with van der Waals surface area (Å²) in [4.78, 5) is 2.19. The number of anilines is 2. The lowest BCUT2D eigenvalue weighted by molar-refractivity contribution is 0.397. The molecular formula is C25H28NO3P. The molecule has 5 heteroatoms. The lowest BCUT2D eigenvalue weighted by Gasteiger charge is -2.30. The maximum absolute atomic E-state index is 14.7. The van der Waals surface area contributed by atoms with Gasteiger partial charge in [0.15, 0.2) is 0 Å². The van der Waals surface area contributed by atoms with Crippen LogP contribution in [0.2, 0.25) is 0 Å². The van der Waals surface area contributed by atoms with Crippen molar-refractivity contribution in [3.63, 3.8) is 0 Å². The molecule has 0 saturated heterocycles. The number of para-hydroxylation sites is 1. The molecule has 1 heterocycles. The lowest BCUT2D eigenvalue weighted by Crippen LogP contribution is -2.24. The molecule has 0 amide bonds. The Morgan fingerprint density at radius 2 is 1.43 bits per heavy atom. The SMILES string of the molecule is COc1cccc(OC)c1-c1cccc2c1P(=O)(C(C)(C)C)CN2c1ccccc1. The van der Waals surface area contributed by atoms with Crippen LogP contribution in [-0.4, -0.2) is 25.7 Å². The van der Waals surface area contributed by atoms with Crippen molar-refractivity contribution in [1.29, 1.82) is 0 Å². The van der Waals surface area contributed by atoms with Crippen LogP contribution < -0.4 is 19.7 Å². The van der Waals surface area contributed by atoms with Crippen molar-refractivity contribution in [3.8, 4) is 22.6 Å². The van der Waals surface area contributed by atoms with Crippen LogP contribution in [0.15, 0.2) is 66.7 Å². The van der Waals surface area contributed by atoms with Crippen molar-refractivity contribution >= 4 is 23.8 Å². The second kappa shape index (κ2) is 7.52. The minimum atomic E-state index is -2.81. The third-order valence-corrected chi connectivity index (χ3v) is 9.90. The molecule has 156 valence electrons. The quantitative estimate of drug-likeness (QED) is 0.466. The number of benzene rings is 3. The van der Waals surface area contributed by atoms with Crippen LogP contribution in [-0.2, 0) is 4.57 Å². The average molecular weight is 421 g/mol. The van der Waals surface area contributed by atoms with E-state index in [0.717, 1.165) is 27.8 Å². The van der Waals surface area contributed by atoms with Gasteiger partial charge in [0.25, 0.3) is 0 Å². The molecule has 3 aromatic carbocycles. The Morgan fingerprint density at radius 1 is 0.833 bits per heavy atom. The van der Waals surface area contributed by atoms with Gasteiger partial charge in [0.05, 0.1) is 31.8 Å². The van der Waals surface area contributed by atoms with E-state index >= 15 is 0 Å². The average Bonchev–Trinajstić information content (AvgIpc) is 3.08. The van der Waals surface area contributed by atoms with Crippen LogP contribution in [0.1, 0.15) is 20.8 Å². The molecule has 1 aliphatic rings. The zero-order valence-electron chi connectivity index (χ0n) is 18.2. The molecule has 0 aliphatic carbocycles. The molecular weight excluding hydrogens is 393 g/mol. The van der Waals surface area contributed by atoms with E-state index in [2.05, 4.69) is 43.9 Å². The van der Waals surface area contributed by atoms with Gasteiger partial charge < -0.3 is 18.9 Å². The van der Waals surface area contributed by atoms with Crippen LogP contribution in [0.4, 0.5) is 11.4 Å². The third kappa shape index (κ3) is 3.11. The van der Waals surface area contributed by atoms with Gasteiger partial charge in [-0.1, -0.05) is 57.2 Å². The first-order valence-corrected chi connectivity index (χ1v) is 12.0. The van der Waals surface area contributed by atoms with Crippen LogP contribution in [0.3, 0.4) is 0 Å². The van der Waals surface area contributed by atoms with E-state index in [1.54, 1.807) is 14.2 Å². The maximum atomic E-state index is 14.7. The van der Waals surface area contributed by atoms with Gasteiger partial charge in [-0.3, -0.25) is 0 Å². The number of rotatable bonds is 4. The highest BCUT2D eigenvalue weighted by Crippen LogP contribution is 2.65. The van der Waals surface area contributed by atoms with Crippen molar-refractivity contribution in [2.24, 2.45) is 0 Å². The van der Waals surface area contributed by atoms with E-state index in [1.807, 2.05) is 48.5 Å². The Kier molecular flexibility index (Phi) is 5.15. The summed E-state index contributed by atoms with van der Waals surface area (Å²) in [6.07, 6.45) is 0.477. The zero-order chi connectivity index (χ0) is 21.5. The van der Waals surface area contributed by atoms with E-state index in [-0.39, 0.29) is 0 Å². The summed E-state index contributed by atoms with van der Waals surface area (Å²) < 4.78 is 26.1. The van der Waals surface area contributed by atoms with Crippen LogP contribution in [0.25, 0.3) is 11.1 Å². The Balaban J connectivity index is 2.06. The van der Waals surface area contributed by atoms with Gasteiger partial charge in [0, 0.05) is 21.7 Å². The Hall–Kier alpha value is -2.71. The van der Waals surface area contributed by atoms with Gasteiger partial charge in [-0.15, -0.1) is 0 Å². The normalized spacial score (nSPS) is 18.2. The zero-order valence-corrected chi connectivity index (χ0v) is 19.1. The molecule has 0 bridgehead atoms. The van der Waals surface area contributed by atoms with E-state index in [4.69, 9.17) is 9.47 Å². The van der Waals surface area contributed by atoms with Crippen LogP contribution in [0.5, 0.6) is 11.5 Å². The number of hydrogen-bond donors (Lipinski definition) is 0.